The van der Waals surface area contributed by atoms with E-state index < -0.39 is 23.1 Å². The zero-order valence-electron chi connectivity index (χ0n) is 9.61. The summed E-state index contributed by atoms with van der Waals surface area (Å²) < 4.78 is 5.15. The summed E-state index contributed by atoms with van der Waals surface area (Å²) in [4.78, 5) is 21.7. The van der Waals surface area contributed by atoms with Crippen molar-refractivity contribution in [3.05, 3.63) is 39.9 Å². The number of benzene rings is 1. The molecule has 1 aliphatic rings. The molecule has 2 rings (SSSR count). The summed E-state index contributed by atoms with van der Waals surface area (Å²) in [7, 11) is 0. The van der Waals surface area contributed by atoms with Crippen LogP contribution in [0.1, 0.15) is 29.6 Å². The van der Waals surface area contributed by atoms with E-state index in [-0.39, 0.29) is 11.3 Å². The number of carbonyl (C=O) groups is 1. The first-order valence-corrected chi connectivity index (χ1v) is 5.71. The number of non-ortho nitro benzene ring substituents is 1. The third-order valence-electron chi connectivity index (χ3n) is 2.99. The maximum Gasteiger partial charge on any atom is 0.338 e. The van der Waals surface area contributed by atoms with Gasteiger partial charge in [-0.2, -0.15) is 0 Å². The molecule has 1 aromatic carbocycles. The lowest BCUT2D eigenvalue weighted by Crippen LogP contribution is -2.25. The molecule has 2 atom stereocenters. The number of rotatable bonds is 3. The van der Waals surface area contributed by atoms with Gasteiger partial charge in [0.25, 0.3) is 5.69 Å². The molecule has 96 valence electrons. The van der Waals surface area contributed by atoms with Crippen molar-refractivity contribution < 1.29 is 19.6 Å². The molecule has 0 heterocycles. The molecular formula is C12H13NO5. The third-order valence-corrected chi connectivity index (χ3v) is 2.99. The summed E-state index contributed by atoms with van der Waals surface area (Å²) >= 11 is 0. The van der Waals surface area contributed by atoms with Crippen molar-refractivity contribution >= 4 is 11.7 Å². The monoisotopic (exact) mass is 251 g/mol. The number of hydrogen-bond donors (Lipinski definition) is 1. The Hall–Kier alpha value is -1.95. The van der Waals surface area contributed by atoms with Gasteiger partial charge in [-0.05, 0) is 31.4 Å². The van der Waals surface area contributed by atoms with Crippen molar-refractivity contribution in [3.8, 4) is 0 Å². The SMILES string of the molecule is O=C(O[C@H]1CCC[C@@H]1O)c1ccc([N+](=O)[O-])cc1. The van der Waals surface area contributed by atoms with Gasteiger partial charge in [-0.25, -0.2) is 4.79 Å². The van der Waals surface area contributed by atoms with Gasteiger partial charge >= 0.3 is 5.97 Å². The second kappa shape index (κ2) is 5.14. The molecule has 6 nitrogen and oxygen atoms in total. The number of esters is 1. The van der Waals surface area contributed by atoms with Gasteiger partial charge in [0.1, 0.15) is 6.10 Å². The van der Waals surface area contributed by atoms with Gasteiger partial charge < -0.3 is 9.84 Å². The Morgan fingerprint density at radius 3 is 2.50 bits per heavy atom. The van der Waals surface area contributed by atoms with Crippen LogP contribution in [0.3, 0.4) is 0 Å². The van der Waals surface area contributed by atoms with E-state index >= 15 is 0 Å². The van der Waals surface area contributed by atoms with Crippen LogP contribution in [-0.2, 0) is 4.74 Å². The highest BCUT2D eigenvalue weighted by Gasteiger charge is 2.29. The van der Waals surface area contributed by atoms with E-state index in [1.165, 1.54) is 24.3 Å². The van der Waals surface area contributed by atoms with E-state index in [1.54, 1.807) is 0 Å². The first-order chi connectivity index (χ1) is 8.58. The molecule has 0 unspecified atom stereocenters. The summed E-state index contributed by atoms with van der Waals surface area (Å²) in [6.45, 7) is 0. The van der Waals surface area contributed by atoms with Gasteiger partial charge in [0.05, 0.1) is 16.6 Å². The largest absolute Gasteiger partial charge is 0.456 e. The number of hydrogen-bond acceptors (Lipinski definition) is 5. The van der Waals surface area contributed by atoms with Crippen molar-refractivity contribution in [2.45, 2.75) is 31.5 Å². The first-order valence-electron chi connectivity index (χ1n) is 5.71. The maximum absolute atomic E-state index is 11.7. The Labute approximate surface area is 103 Å². The molecule has 1 fully saturated rings. The summed E-state index contributed by atoms with van der Waals surface area (Å²) in [5.41, 5.74) is 0.173. The average molecular weight is 251 g/mol. The Balaban J connectivity index is 2.02. The number of aliphatic hydroxyl groups excluding tert-OH is 1. The minimum Gasteiger partial charge on any atom is -0.456 e. The Morgan fingerprint density at radius 2 is 2.00 bits per heavy atom. The molecule has 0 aliphatic heterocycles. The van der Waals surface area contributed by atoms with Crippen molar-refractivity contribution in [1.29, 1.82) is 0 Å². The molecule has 0 spiro atoms. The summed E-state index contributed by atoms with van der Waals surface area (Å²) in [5.74, 6) is -0.559. The standard InChI is InChI=1S/C12H13NO5/c14-10-2-1-3-11(10)18-12(15)8-4-6-9(7-5-8)13(16)17/h4-7,10-11,14H,1-3H2/t10-,11-/m0/s1. The van der Waals surface area contributed by atoms with E-state index in [0.717, 1.165) is 6.42 Å². The molecule has 6 heteroatoms. The minimum atomic E-state index is -0.605. The van der Waals surface area contributed by atoms with Gasteiger partial charge in [-0.15, -0.1) is 0 Å². The highest BCUT2D eigenvalue weighted by Crippen LogP contribution is 2.23. The molecule has 0 bridgehead atoms. The van der Waals surface area contributed by atoms with Gasteiger partial charge in [0, 0.05) is 12.1 Å². The van der Waals surface area contributed by atoms with Gasteiger partial charge in [0.15, 0.2) is 0 Å². The van der Waals surface area contributed by atoms with Crippen LogP contribution in [0, 0.1) is 10.1 Å². The summed E-state index contributed by atoms with van der Waals surface area (Å²) in [5, 5.41) is 20.0. The smallest absolute Gasteiger partial charge is 0.338 e. The van der Waals surface area contributed by atoms with Crippen LogP contribution >= 0.6 is 0 Å². The molecule has 1 aromatic rings. The van der Waals surface area contributed by atoms with E-state index in [9.17, 15) is 20.0 Å². The number of nitro benzene ring substituents is 1. The van der Waals surface area contributed by atoms with E-state index in [0.29, 0.717) is 12.8 Å². The Kier molecular flexibility index (Phi) is 3.57. The van der Waals surface area contributed by atoms with E-state index in [4.69, 9.17) is 4.74 Å². The van der Waals surface area contributed by atoms with Crippen molar-refractivity contribution in [2.75, 3.05) is 0 Å². The van der Waals surface area contributed by atoms with Crippen molar-refractivity contribution in [2.24, 2.45) is 0 Å². The van der Waals surface area contributed by atoms with Gasteiger partial charge in [0.2, 0.25) is 0 Å². The number of nitrogens with zero attached hydrogens (tertiary/aromatic N) is 1. The fourth-order valence-electron chi connectivity index (χ4n) is 1.97. The molecule has 0 amide bonds. The summed E-state index contributed by atoms with van der Waals surface area (Å²) in [6.07, 6.45) is 1.05. The van der Waals surface area contributed by atoms with Gasteiger partial charge in [-0.3, -0.25) is 10.1 Å². The topological polar surface area (TPSA) is 89.7 Å². The predicted octanol–water partition coefficient (Wildman–Crippen LogP) is 1.66. The lowest BCUT2D eigenvalue weighted by atomic mass is 10.2. The van der Waals surface area contributed by atoms with E-state index in [1.807, 2.05) is 0 Å². The first kappa shape index (κ1) is 12.5. The third kappa shape index (κ3) is 2.65. The fourth-order valence-corrected chi connectivity index (χ4v) is 1.97. The second-order valence-corrected chi connectivity index (χ2v) is 4.25. The van der Waals surface area contributed by atoms with Crippen LogP contribution in [0.4, 0.5) is 5.69 Å². The molecule has 0 saturated heterocycles. The molecule has 0 aromatic heterocycles. The number of ether oxygens (including phenoxy) is 1. The van der Waals surface area contributed by atoms with Crippen molar-refractivity contribution in [3.63, 3.8) is 0 Å². The lowest BCUT2D eigenvalue weighted by Gasteiger charge is -2.15. The Morgan fingerprint density at radius 1 is 1.33 bits per heavy atom. The quantitative estimate of drug-likeness (QED) is 0.501. The molecule has 1 N–H and O–H groups in total. The van der Waals surface area contributed by atoms with Crippen LogP contribution in [0.2, 0.25) is 0 Å². The maximum atomic E-state index is 11.7. The number of carbonyl (C=O) groups excluding carboxylic acids is 1. The van der Waals surface area contributed by atoms with Crippen LogP contribution in [0.15, 0.2) is 24.3 Å². The average Bonchev–Trinajstić information content (AvgIpc) is 2.75. The summed E-state index contributed by atoms with van der Waals surface area (Å²) in [6, 6.07) is 5.20. The predicted molar refractivity (Wildman–Crippen MR) is 62.2 cm³/mol. The lowest BCUT2D eigenvalue weighted by molar-refractivity contribution is -0.384. The van der Waals surface area contributed by atoms with Crippen LogP contribution in [0.25, 0.3) is 0 Å². The molecule has 1 saturated carbocycles. The number of nitro groups is 1. The molecule has 18 heavy (non-hydrogen) atoms. The zero-order chi connectivity index (χ0) is 13.1. The van der Waals surface area contributed by atoms with Crippen LogP contribution < -0.4 is 0 Å². The highest BCUT2D eigenvalue weighted by atomic mass is 16.6. The van der Waals surface area contributed by atoms with Gasteiger partial charge in [-0.1, -0.05) is 0 Å². The molecular weight excluding hydrogens is 238 g/mol. The van der Waals surface area contributed by atoms with Crippen molar-refractivity contribution in [1.82, 2.24) is 0 Å². The normalized spacial score (nSPS) is 22.7. The highest BCUT2D eigenvalue weighted by molar-refractivity contribution is 5.89. The fraction of sp³-hybridized carbons (Fsp3) is 0.417. The second-order valence-electron chi connectivity index (χ2n) is 4.25. The van der Waals surface area contributed by atoms with Crippen LogP contribution in [0.5, 0.6) is 0 Å². The minimum absolute atomic E-state index is 0.0764. The zero-order valence-corrected chi connectivity index (χ0v) is 9.61. The molecule has 0 radical (unpaired) electrons. The molecule has 1 aliphatic carbocycles. The Bertz CT molecular complexity index is 456. The number of aliphatic hydroxyl groups is 1. The van der Waals surface area contributed by atoms with Crippen LogP contribution in [-0.4, -0.2) is 28.2 Å². The van der Waals surface area contributed by atoms with E-state index in [2.05, 4.69) is 0 Å².